The van der Waals surface area contributed by atoms with Crippen LogP contribution < -0.4 is 0 Å². The second kappa shape index (κ2) is 3.18. The minimum absolute atomic E-state index is 0.140. The van der Waals surface area contributed by atoms with E-state index in [1.165, 1.54) is 23.6 Å². The number of fused-ring (bicyclic) bond motifs is 5. The van der Waals surface area contributed by atoms with Crippen molar-refractivity contribution in [3.05, 3.63) is 12.2 Å². The van der Waals surface area contributed by atoms with Gasteiger partial charge in [-0.3, -0.25) is 19.4 Å². The minimum atomic E-state index is -0.446. The Hall–Kier alpha value is -1.65. The number of rotatable bonds is 0. The topological polar surface area (TPSA) is 57.7 Å². The molecule has 4 atom stereocenters. The van der Waals surface area contributed by atoms with Gasteiger partial charge < -0.3 is 0 Å². The Labute approximate surface area is 99.1 Å². The molecule has 5 heteroatoms. The molecule has 0 radical (unpaired) electrons. The van der Waals surface area contributed by atoms with Crippen LogP contribution >= 0.6 is 0 Å². The van der Waals surface area contributed by atoms with Gasteiger partial charge in [0.2, 0.25) is 11.8 Å². The lowest BCUT2D eigenvalue weighted by atomic mass is 9.96. The Bertz CT molecular complexity index is 419. The van der Waals surface area contributed by atoms with E-state index in [4.69, 9.17) is 0 Å². The van der Waals surface area contributed by atoms with Crippen molar-refractivity contribution in [1.29, 1.82) is 0 Å². The van der Waals surface area contributed by atoms with Crippen molar-refractivity contribution in [3.63, 3.8) is 0 Å². The molecule has 90 valence electrons. The average molecular weight is 234 g/mol. The number of nitrogens with zero attached hydrogens (tertiary/aromatic N) is 2. The monoisotopic (exact) mass is 234 g/mol. The molecule has 3 aliphatic rings. The summed E-state index contributed by atoms with van der Waals surface area (Å²) in [6.07, 6.45) is 5.08. The van der Waals surface area contributed by atoms with Crippen LogP contribution in [0.5, 0.6) is 0 Å². The fraction of sp³-hybridized carbons (Fsp3) is 0.583. The number of carbonyl (C=O) groups excluding carboxylic acids is 3. The first kappa shape index (κ1) is 10.5. The molecule has 0 N–H and O–H groups in total. The quantitative estimate of drug-likeness (QED) is 0.581. The van der Waals surface area contributed by atoms with Crippen LogP contribution in [-0.4, -0.2) is 39.7 Å². The van der Waals surface area contributed by atoms with Crippen molar-refractivity contribution in [2.24, 2.45) is 11.8 Å². The summed E-state index contributed by atoms with van der Waals surface area (Å²) in [6, 6.07) is -0.726. The molecule has 0 spiro atoms. The van der Waals surface area contributed by atoms with Crippen LogP contribution in [0.4, 0.5) is 4.79 Å². The van der Waals surface area contributed by atoms with Gasteiger partial charge in [0.05, 0.1) is 12.1 Å². The van der Waals surface area contributed by atoms with Crippen LogP contribution in [0, 0.1) is 11.8 Å². The highest BCUT2D eigenvalue weighted by molar-refractivity contribution is 6.04. The molecule has 1 saturated heterocycles. The summed E-state index contributed by atoms with van der Waals surface area (Å²) in [5, 5.41) is 0. The lowest BCUT2D eigenvalue weighted by Gasteiger charge is -2.26. The first-order valence-corrected chi connectivity index (χ1v) is 5.84. The van der Waals surface area contributed by atoms with E-state index in [9.17, 15) is 14.4 Å². The van der Waals surface area contributed by atoms with Crippen LogP contribution in [0.2, 0.25) is 0 Å². The van der Waals surface area contributed by atoms with Crippen LogP contribution in [0.25, 0.3) is 0 Å². The molecular weight excluding hydrogens is 220 g/mol. The summed E-state index contributed by atoms with van der Waals surface area (Å²) in [6.45, 7) is 2.77. The van der Waals surface area contributed by atoms with E-state index in [2.05, 4.69) is 12.2 Å². The van der Waals surface area contributed by atoms with E-state index in [1.807, 2.05) is 0 Å². The Morgan fingerprint density at radius 1 is 1.06 bits per heavy atom. The highest BCUT2D eigenvalue weighted by Gasteiger charge is 2.60. The highest BCUT2D eigenvalue weighted by atomic mass is 16.2. The van der Waals surface area contributed by atoms with Gasteiger partial charge in [-0.15, -0.1) is 0 Å². The molecule has 3 rings (SSSR count). The van der Waals surface area contributed by atoms with Crippen LogP contribution in [0.15, 0.2) is 12.2 Å². The van der Waals surface area contributed by atoms with Gasteiger partial charge >= 0.3 is 6.03 Å². The predicted molar refractivity (Wildman–Crippen MR) is 58.7 cm³/mol. The molecule has 1 aliphatic heterocycles. The van der Waals surface area contributed by atoms with E-state index < -0.39 is 6.03 Å². The maximum atomic E-state index is 12.1. The van der Waals surface area contributed by atoms with Gasteiger partial charge in [0.1, 0.15) is 0 Å². The Balaban J connectivity index is 2.06. The van der Waals surface area contributed by atoms with Gasteiger partial charge in [-0.1, -0.05) is 12.2 Å². The lowest BCUT2D eigenvalue weighted by Crippen LogP contribution is -2.42. The fourth-order valence-corrected chi connectivity index (χ4v) is 3.52. The van der Waals surface area contributed by atoms with Crippen molar-refractivity contribution in [2.75, 3.05) is 0 Å². The zero-order valence-corrected chi connectivity index (χ0v) is 9.79. The fourth-order valence-electron chi connectivity index (χ4n) is 3.52. The van der Waals surface area contributed by atoms with E-state index >= 15 is 0 Å². The van der Waals surface area contributed by atoms with Crippen molar-refractivity contribution in [1.82, 2.24) is 9.80 Å². The van der Waals surface area contributed by atoms with Crippen molar-refractivity contribution >= 4 is 17.8 Å². The SMILES string of the molecule is CC(=O)N1C(=O)N(C(C)=O)C2C3C=CC(C3)C21. The summed E-state index contributed by atoms with van der Waals surface area (Å²) in [7, 11) is 0. The van der Waals surface area contributed by atoms with Gasteiger partial charge in [-0.05, 0) is 6.42 Å². The molecule has 4 amide bonds. The third-order valence-corrected chi connectivity index (χ3v) is 4.06. The highest BCUT2D eigenvalue weighted by Crippen LogP contribution is 2.48. The minimum Gasteiger partial charge on any atom is -0.275 e. The normalized spacial score (nSPS) is 37.9. The van der Waals surface area contributed by atoms with Crippen molar-refractivity contribution in [3.8, 4) is 0 Å². The summed E-state index contributed by atoms with van der Waals surface area (Å²) >= 11 is 0. The second-order valence-corrected chi connectivity index (χ2v) is 4.99. The number of amides is 4. The Morgan fingerprint density at radius 3 is 1.82 bits per heavy atom. The number of hydrogen-bond acceptors (Lipinski definition) is 3. The van der Waals surface area contributed by atoms with E-state index in [-0.39, 0.29) is 35.7 Å². The zero-order valence-electron chi connectivity index (χ0n) is 9.79. The zero-order chi connectivity index (χ0) is 12.3. The van der Waals surface area contributed by atoms with Gasteiger partial charge in [0.15, 0.2) is 0 Å². The molecule has 0 aromatic carbocycles. The largest absolute Gasteiger partial charge is 0.334 e. The van der Waals surface area contributed by atoms with E-state index in [0.717, 1.165) is 6.42 Å². The maximum absolute atomic E-state index is 12.1. The number of hydrogen-bond donors (Lipinski definition) is 0. The molecule has 2 bridgehead atoms. The smallest absolute Gasteiger partial charge is 0.275 e. The van der Waals surface area contributed by atoms with Gasteiger partial charge in [-0.2, -0.15) is 0 Å². The second-order valence-electron chi connectivity index (χ2n) is 4.99. The van der Waals surface area contributed by atoms with Gasteiger partial charge in [0, 0.05) is 25.7 Å². The number of imide groups is 2. The summed E-state index contributed by atoms with van der Waals surface area (Å²) in [5.74, 6) is -0.0891. The van der Waals surface area contributed by atoms with Crippen LogP contribution in [-0.2, 0) is 9.59 Å². The van der Waals surface area contributed by atoms with Gasteiger partial charge in [-0.25, -0.2) is 4.79 Å². The maximum Gasteiger partial charge on any atom is 0.334 e. The molecule has 4 unspecified atom stereocenters. The molecule has 5 nitrogen and oxygen atoms in total. The van der Waals surface area contributed by atoms with Gasteiger partial charge in [0.25, 0.3) is 0 Å². The van der Waals surface area contributed by atoms with E-state index in [1.54, 1.807) is 0 Å². The Morgan fingerprint density at radius 2 is 1.47 bits per heavy atom. The molecule has 2 aliphatic carbocycles. The first-order valence-electron chi connectivity index (χ1n) is 5.84. The molecule has 0 aromatic rings. The lowest BCUT2D eigenvalue weighted by molar-refractivity contribution is -0.127. The molecule has 1 heterocycles. The number of carbonyl (C=O) groups is 3. The van der Waals surface area contributed by atoms with Crippen molar-refractivity contribution < 1.29 is 14.4 Å². The molecule has 2 fully saturated rings. The van der Waals surface area contributed by atoms with Crippen LogP contribution in [0.1, 0.15) is 20.3 Å². The summed E-state index contributed by atoms with van der Waals surface area (Å²) < 4.78 is 0. The first-order chi connectivity index (χ1) is 8.02. The Kier molecular flexibility index (Phi) is 1.97. The molecular formula is C12H14N2O3. The standard InChI is InChI=1S/C12H14N2O3/c1-6(15)13-10-8-3-4-9(5-8)11(10)14(7(2)16)12(13)17/h3-4,8-11H,5H2,1-2H3. The summed E-state index contributed by atoms with van der Waals surface area (Å²) in [4.78, 5) is 37.8. The summed E-state index contributed by atoms with van der Waals surface area (Å²) in [5.41, 5.74) is 0. The van der Waals surface area contributed by atoms with Crippen molar-refractivity contribution in [2.45, 2.75) is 32.4 Å². The third kappa shape index (κ3) is 1.16. The van der Waals surface area contributed by atoms with Crippen LogP contribution in [0.3, 0.4) is 0 Å². The predicted octanol–water partition coefficient (Wildman–Crippen LogP) is 0.760. The molecule has 17 heavy (non-hydrogen) atoms. The third-order valence-electron chi connectivity index (χ3n) is 4.06. The number of urea groups is 1. The average Bonchev–Trinajstić information content (AvgIpc) is 2.84. The molecule has 0 aromatic heterocycles. The molecule has 1 saturated carbocycles. The van der Waals surface area contributed by atoms with E-state index in [0.29, 0.717) is 0 Å².